The molecule has 0 aliphatic carbocycles. The lowest BCUT2D eigenvalue weighted by atomic mass is 9.77. The fourth-order valence-electron chi connectivity index (χ4n) is 2.46. The van der Waals surface area contributed by atoms with E-state index in [1.54, 1.807) is 0 Å². The highest BCUT2D eigenvalue weighted by atomic mass is 35.5. The normalized spacial score (nSPS) is 22.0. The number of rotatable bonds is 2. The number of carbonyl (C=O) groups excluding carboxylic acids is 1. The van der Waals surface area contributed by atoms with E-state index in [1.165, 1.54) is 18.2 Å². The van der Waals surface area contributed by atoms with Crippen molar-refractivity contribution in [3.8, 4) is 0 Å². The van der Waals surface area contributed by atoms with Gasteiger partial charge in [-0.05, 0) is 43.0 Å². The monoisotopic (exact) mass is 284 g/mol. The Morgan fingerprint density at radius 1 is 1.53 bits per heavy atom. The van der Waals surface area contributed by atoms with Gasteiger partial charge in [0.25, 0.3) is 0 Å². The van der Waals surface area contributed by atoms with Gasteiger partial charge in [0.1, 0.15) is 5.82 Å². The van der Waals surface area contributed by atoms with Gasteiger partial charge in [-0.25, -0.2) is 4.39 Å². The van der Waals surface area contributed by atoms with E-state index < -0.39 is 5.82 Å². The molecule has 0 aromatic heterocycles. The number of anilines is 1. The van der Waals surface area contributed by atoms with Gasteiger partial charge >= 0.3 is 0 Å². The summed E-state index contributed by atoms with van der Waals surface area (Å²) in [5.41, 5.74) is 0.192. The number of halogens is 2. The Morgan fingerprint density at radius 3 is 2.95 bits per heavy atom. The molecule has 104 valence electrons. The number of benzene rings is 1. The molecule has 1 aromatic rings. The quantitative estimate of drug-likeness (QED) is 0.876. The molecule has 5 heteroatoms. The van der Waals surface area contributed by atoms with Crippen LogP contribution in [-0.2, 0) is 4.79 Å². The molecule has 1 fully saturated rings. The zero-order valence-corrected chi connectivity index (χ0v) is 11.9. The van der Waals surface area contributed by atoms with Crippen molar-refractivity contribution in [2.24, 2.45) is 5.41 Å². The van der Waals surface area contributed by atoms with Crippen molar-refractivity contribution < 1.29 is 9.18 Å². The Balaban J connectivity index is 2.14. The largest absolute Gasteiger partial charge is 0.323 e. The fourth-order valence-corrected chi connectivity index (χ4v) is 2.62. The van der Waals surface area contributed by atoms with E-state index in [4.69, 9.17) is 11.6 Å². The van der Waals surface area contributed by atoms with E-state index in [9.17, 15) is 9.18 Å². The Labute approximate surface area is 117 Å². The van der Waals surface area contributed by atoms with Gasteiger partial charge in [-0.15, -0.1) is 0 Å². The molecule has 0 bridgehead atoms. The minimum atomic E-state index is -0.421. The van der Waals surface area contributed by atoms with Crippen LogP contribution < -0.4 is 10.6 Å². The van der Waals surface area contributed by atoms with Gasteiger partial charge in [-0.2, -0.15) is 0 Å². The van der Waals surface area contributed by atoms with Crippen LogP contribution in [0.3, 0.4) is 0 Å². The molecule has 0 spiro atoms. The lowest BCUT2D eigenvalue weighted by molar-refractivity contribution is -0.121. The summed E-state index contributed by atoms with van der Waals surface area (Å²) in [6.07, 6.45) is 2.03. The summed E-state index contributed by atoms with van der Waals surface area (Å²) in [6.45, 7) is 4.92. The van der Waals surface area contributed by atoms with Gasteiger partial charge in [0.2, 0.25) is 5.91 Å². The minimum Gasteiger partial charge on any atom is -0.323 e. The predicted molar refractivity (Wildman–Crippen MR) is 74.8 cm³/mol. The van der Waals surface area contributed by atoms with E-state index in [0.29, 0.717) is 10.7 Å². The van der Waals surface area contributed by atoms with E-state index >= 15 is 0 Å². The summed E-state index contributed by atoms with van der Waals surface area (Å²) in [6, 6.07) is 3.64. The SMILES string of the molecule is CC1(C)CCCNC1C(=O)Nc1cc(F)ccc1Cl. The number of amides is 1. The van der Waals surface area contributed by atoms with E-state index in [2.05, 4.69) is 24.5 Å². The Hall–Kier alpha value is -1.13. The predicted octanol–water partition coefficient (Wildman–Crippen LogP) is 3.20. The van der Waals surface area contributed by atoms with Crippen molar-refractivity contribution in [3.05, 3.63) is 29.0 Å². The molecule has 19 heavy (non-hydrogen) atoms. The minimum absolute atomic E-state index is 0.123. The van der Waals surface area contributed by atoms with Crippen molar-refractivity contribution in [1.82, 2.24) is 5.32 Å². The first-order chi connectivity index (χ1) is 8.90. The highest BCUT2D eigenvalue weighted by Gasteiger charge is 2.37. The summed E-state index contributed by atoms with van der Waals surface area (Å²) in [4.78, 5) is 12.3. The number of hydrogen-bond acceptors (Lipinski definition) is 2. The molecule has 1 aromatic carbocycles. The number of carbonyl (C=O) groups is 1. The molecular weight excluding hydrogens is 267 g/mol. The van der Waals surface area contributed by atoms with Crippen LogP contribution in [0.4, 0.5) is 10.1 Å². The number of hydrogen-bond donors (Lipinski definition) is 2. The van der Waals surface area contributed by atoms with E-state index in [-0.39, 0.29) is 17.4 Å². The number of nitrogens with one attached hydrogen (secondary N) is 2. The Morgan fingerprint density at radius 2 is 2.26 bits per heavy atom. The third-order valence-corrected chi connectivity index (χ3v) is 3.91. The van der Waals surface area contributed by atoms with Gasteiger partial charge in [0, 0.05) is 0 Å². The Bertz CT molecular complexity index is 490. The molecule has 0 radical (unpaired) electrons. The average Bonchev–Trinajstić information content (AvgIpc) is 2.33. The van der Waals surface area contributed by atoms with Crippen LogP contribution in [0, 0.1) is 11.2 Å². The summed E-state index contributed by atoms with van der Waals surface area (Å²) in [5.74, 6) is -0.590. The summed E-state index contributed by atoms with van der Waals surface area (Å²) in [7, 11) is 0. The van der Waals surface area contributed by atoms with Gasteiger partial charge in [0.05, 0.1) is 16.8 Å². The van der Waals surface area contributed by atoms with Crippen LogP contribution in [0.2, 0.25) is 5.02 Å². The van der Waals surface area contributed by atoms with Crippen LogP contribution in [0.1, 0.15) is 26.7 Å². The maximum Gasteiger partial charge on any atom is 0.242 e. The molecule has 2 rings (SSSR count). The molecule has 1 unspecified atom stereocenters. The van der Waals surface area contributed by atoms with Crippen LogP contribution in [-0.4, -0.2) is 18.5 Å². The molecule has 0 saturated carbocycles. The first kappa shape index (κ1) is 14.3. The van der Waals surface area contributed by atoms with Crippen LogP contribution >= 0.6 is 11.6 Å². The molecule has 2 N–H and O–H groups in total. The molecule has 1 atom stereocenters. The Kier molecular flexibility index (Phi) is 4.11. The molecule has 1 saturated heterocycles. The van der Waals surface area contributed by atoms with Gasteiger partial charge in [-0.3, -0.25) is 4.79 Å². The van der Waals surface area contributed by atoms with Crippen LogP contribution in [0.25, 0.3) is 0 Å². The second-order valence-electron chi connectivity index (χ2n) is 5.59. The molecular formula is C14H18ClFN2O. The smallest absolute Gasteiger partial charge is 0.242 e. The molecule has 3 nitrogen and oxygen atoms in total. The molecule has 1 aliphatic rings. The maximum absolute atomic E-state index is 13.2. The highest BCUT2D eigenvalue weighted by Crippen LogP contribution is 2.31. The van der Waals surface area contributed by atoms with Crippen LogP contribution in [0.5, 0.6) is 0 Å². The maximum atomic E-state index is 13.2. The van der Waals surface area contributed by atoms with Crippen molar-refractivity contribution in [3.63, 3.8) is 0 Å². The standard InChI is InChI=1S/C14H18ClFN2O/c1-14(2)6-3-7-17-12(14)13(19)18-11-8-9(16)4-5-10(11)15/h4-5,8,12,17H,3,6-7H2,1-2H3,(H,18,19). The summed E-state index contributed by atoms with van der Waals surface area (Å²) < 4.78 is 13.2. The van der Waals surface area contributed by atoms with E-state index in [0.717, 1.165) is 19.4 Å². The topological polar surface area (TPSA) is 41.1 Å². The molecule has 1 amide bonds. The summed E-state index contributed by atoms with van der Waals surface area (Å²) in [5, 5.41) is 6.25. The third-order valence-electron chi connectivity index (χ3n) is 3.58. The average molecular weight is 285 g/mol. The summed E-state index contributed by atoms with van der Waals surface area (Å²) >= 11 is 5.95. The zero-order valence-electron chi connectivity index (χ0n) is 11.1. The van der Waals surface area contributed by atoms with Crippen molar-refractivity contribution in [1.29, 1.82) is 0 Å². The van der Waals surface area contributed by atoms with Crippen molar-refractivity contribution in [2.75, 3.05) is 11.9 Å². The third kappa shape index (κ3) is 3.25. The second-order valence-corrected chi connectivity index (χ2v) is 6.00. The van der Waals surface area contributed by atoms with Gasteiger partial charge in [0.15, 0.2) is 0 Å². The molecule has 1 heterocycles. The van der Waals surface area contributed by atoms with Crippen LogP contribution in [0.15, 0.2) is 18.2 Å². The first-order valence-corrected chi connectivity index (χ1v) is 6.77. The zero-order chi connectivity index (χ0) is 14.0. The fraction of sp³-hybridized carbons (Fsp3) is 0.500. The lowest BCUT2D eigenvalue weighted by Crippen LogP contribution is -2.53. The highest BCUT2D eigenvalue weighted by molar-refractivity contribution is 6.33. The van der Waals surface area contributed by atoms with Crippen molar-refractivity contribution in [2.45, 2.75) is 32.7 Å². The van der Waals surface area contributed by atoms with Gasteiger partial charge < -0.3 is 10.6 Å². The second kappa shape index (κ2) is 5.47. The molecule has 1 aliphatic heterocycles. The first-order valence-electron chi connectivity index (χ1n) is 6.39. The van der Waals surface area contributed by atoms with Crippen molar-refractivity contribution >= 4 is 23.2 Å². The van der Waals surface area contributed by atoms with E-state index in [1.807, 2.05) is 0 Å². The lowest BCUT2D eigenvalue weighted by Gasteiger charge is -2.38. The number of piperidine rings is 1. The van der Waals surface area contributed by atoms with Gasteiger partial charge in [-0.1, -0.05) is 25.4 Å².